The van der Waals surface area contributed by atoms with Crippen molar-refractivity contribution in [2.45, 2.75) is 76.7 Å². The molecule has 1 heterocycles. The second kappa shape index (κ2) is 9.54. The van der Waals surface area contributed by atoms with Crippen LogP contribution in [0.15, 0.2) is 12.7 Å². The highest BCUT2D eigenvalue weighted by atomic mass is 28.5. The first-order valence-corrected chi connectivity index (χ1v) is 18.4. The summed E-state index contributed by atoms with van der Waals surface area (Å²) < 4.78 is 24.2. The maximum Gasteiger partial charge on any atom is 0.325 e. The van der Waals surface area contributed by atoms with Crippen LogP contribution >= 0.6 is 0 Å². The summed E-state index contributed by atoms with van der Waals surface area (Å²) in [5.41, 5.74) is 0. The molecule has 2 fully saturated rings. The molecule has 0 bridgehead atoms. The fourth-order valence-corrected chi connectivity index (χ4v) is 20.7. The van der Waals surface area contributed by atoms with E-state index in [4.69, 9.17) is 17.1 Å². The molecule has 29 heavy (non-hydrogen) atoms. The van der Waals surface area contributed by atoms with E-state index in [9.17, 15) is 14.7 Å². The molecule has 3 atom stereocenters. The van der Waals surface area contributed by atoms with Gasteiger partial charge in [-0.3, -0.25) is 9.59 Å². The molecule has 0 radical (unpaired) electrons. The van der Waals surface area contributed by atoms with E-state index in [-0.39, 0.29) is 6.54 Å². The highest BCUT2D eigenvalue weighted by Crippen LogP contribution is 2.37. The van der Waals surface area contributed by atoms with E-state index in [1.807, 2.05) is 0 Å². The summed E-state index contributed by atoms with van der Waals surface area (Å²) in [6.07, 6.45) is 2.85. The minimum Gasteiger partial charge on any atom is -0.458 e. The summed E-state index contributed by atoms with van der Waals surface area (Å²) in [7, 11) is -6.66. The van der Waals surface area contributed by atoms with Crippen LogP contribution in [-0.2, 0) is 26.7 Å². The van der Waals surface area contributed by atoms with E-state index >= 15 is 0 Å². The van der Waals surface area contributed by atoms with Gasteiger partial charge in [-0.05, 0) is 76.5 Å². The number of esters is 1. The van der Waals surface area contributed by atoms with Gasteiger partial charge in [-0.2, -0.15) is 0 Å². The lowest BCUT2D eigenvalue weighted by Crippen LogP contribution is -2.65. The van der Waals surface area contributed by atoms with Crippen molar-refractivity contribution in [3.63, 3.8) is 0 Å². The molecule has 11 heteroatoms. The molecule has 0 spiro atoms. The monoisotopic (exact) mass is 461 g/mol. The molecule has 0 aromatic rings. The Kier molecular flexibility index (Phi) is 8.04. The summed E-state index contributed by atoms with van der Waals surface area (Å²) in [4.78, 5) is 23.1. The first-order chi connectivity index (χ1) is 13.3. The molecule has 1 saturated carbocycles. The highest BCUT2D eigenvalue weighted by molar-refractivity contribution is 6.92. The Morgan fingerprint density at radius 2 is 1.76 bits per heavy atom. The Bertz CT molecular complexity index is 613. The van der Waals surface area contributed by atoms with Gasteiger partial charge in [0.15, 0.2) is 0 Å². The van der Waals surface area contributed by atoms with Crippen LogP contribution in [0.3, 0.4) is 0 Å². The lowest BCUT2D eigenvalue weighted by Gasteiger charge is -2.48. The predicted molar refractivity (Wildman–Crippen MR) is 116 cm³/mol. The van der Waals surface area contributed by atoms with Gasteiger partial charge in [-0.1, -0.05) is 6.58 Å². The fourth-order valence-electron chi connectivity index (χ4n) is 4.29. The van der Waals surface area contributed by atoms with Gasteiger partial charge in [0.25, 0.3) is 0 Å². The molecule has 166 valence electrons. The van der Waals surface area contributed by atoms with Crippen molar-refractivity contribution in [3.8, 4) is 0 Å². The number of carbonyl (C=O) groups excluding carboxylic acids is 2. The topological polar surface area (TPSA) is 103 Å². The Hall–Kier alpha value is -0.829. The predicted octanol–water partition coefficient (Wildman–Crippen LogP) is 2.29. The van der Waals surface area contributed by atoms with Crippen LogP contribution in [-0.4, -0.2) is 61.4 Å². The van der Waals surface area contributed by atoms with Crippen LogP contribution in [0.25, 0.3) is 0 Å². The Balaban J connectivity index is 1.87. The van der Waals surface area contributed by atoms with Gasteiger partial charge >= 0.3 is 31.7 Å². The summed E-state index contributed by atoms with van der Waals surface area (Å²) >= 11 is 0. The van der Waals surface area contributed by atoms with E-state index < -0.39 is 49.8 Å². The van der Waals surface area contributed by atoms with Crippen LogP contribution in [0, 0.1) is 5.92 Å². The van der Waals surface area contributed by atoms with Crippen molar-refractivity contribution in [1.29, 1.82) is 0 Å². The number of amides is 1. The van der Waals surface area contributed by atoms with Crippen LogP contribution < -0.4 is 5.32 Å². The number of ether oxygens (including phenoxy) is 1. The van der Waals surface area contributed by atoms with Gasteiger partial charge in [0.05, 0.1) is 6.10 Å². The lowest BCUT2D eigenvalue weighted by atomic mass is 9.84. The largest absolute Gasteiger partial charge is 0.458 e. The molecule has 1 saturated heterocycles. The molecule has 2 aliphatic rings. The molecule has 2 rings (SSSR count). The Morgan fingerprint density at radius 3 is 2.34 bits per heavy atom. The smallest absolute Gasteiger partial charge is 0.325 e. The van der Waals surface area contributed by atoms with Crippen LogP contribution in [0.4, 0.5) is 0 Å². The molecule has 2 N–H and O–H groups in total. The molecule has 0 aromatic carbocycles. The van der Waals surface area contributed by atoms with E-state index in [0.717, 1.165) is 25.0 Å². The zero-order chi connectivity index (χ0) is 21.9. The van der Waals surface area contributed by atoms with Gasteiger partial charge in [0.1, 0.15) is 12.6 Å². The fraction of sp³-hybridized carbons (Fsp3) is 0.778. The number of nitrogens with one attached hydrogen (secondary N) is 1. The minimum absolute atomic E-state index is 0.231. The van der Waals surface area contributed by atoms with Crippen molar-refractivity contribution < 1.29 is 31.8 Å². The third-order valence-electron chi connectivity index (χ3n) is 5.16. The quantitative estimate of drug-likeness (QED) is 0.340. The van der Waals surface area contributed by atoms with Gasteiger partial charge in [-0.25, -0.2) is 0 Å². The molecule has 8 nitrogen and oxygen atoms in total. The molecule has 1 amide bonds. The average molecular weight is 462 g/mol. The standard InChI is InChI=1S/C18H35NO7Si3/c1-7-17(21)19-13-18(22)23-16-12-14(8-9-15(16)20)10-11-29(6)25-27(2,3)24-28(4,5)26-29/h7,14-16,20H,1,8-13H2,2-6H3,(H,19,21)/t14-,15+,16+/m0/s1. The molecular weight excluding hydrogens is 426 g/mol. The van der Waals surface area contributed by atoms with Crippen molar-refractivity contribution in [1.82, 2.24) is 5.32 Å². The first-order valence-electron chi connectivity index (χ1n) is 10.2. The van der Waals surface area contributed by atoms with E-state index in [1.54, 1.807) is 0 Å². The van der Waals surface area contributed by atoms with Crippen LogP contribution in [0.5, 0.6) is 0 Å². The Labute approximate surface area is 176 Å². The minimum atomic E-state index is -2.32. The normalized spacial score (nSPS) is 30.2. The summed E-state index contributed by atoms with van der Waals surface area (Å²) in [6, 6.07) is 0.861. The SMILES string of the molecule is C=CC(=O)NCC(=O)O[C@@H]1C[C@H](CC[Si]2(C)O[Si](C)(C)O[Si](C)(C)O2)CC[C@H]1O. The van der Waals surface area contributed by atoms with Gasteiger partial charge in [-0.15, -0.1) is 0 Å². The number of hydrogen-bond donors (Lipinski definition) is 2. The van der Waals surface area contributed by atoms with Gasteiger partial charge in [0.2, 0.25) is 5.91 Å². The Morgan fingerprint density at radius 1 is 1.14 bits per heavy atom. The highest BCUT2D eigenvalue weighted by Gasteiger charge is 2.52. The second-order valence-electron chi connectivity index (χ2n) is 8.97. The lowest BCUT2D eigenvalue weighted by molar-refractivity contribution is -0.158. The number of aliphatic hydroxyl groups excluding tert-OH is 1. The molecular formula is C18H35NO7Si3. The van der Waals surface area contributed by atoms with Gasteiger partial charge < -0.3 is 27.5 Å². The summed E-state index contributed by atoms with van der Waals surface area (Å²) in [5.74, 6) is -0.660. The van der Waals surface area contributed by atoms with Crippen molar-refractivity contribution in [2.75, 3.05) is 6.54 Å². The number of aliphatic hydroxyl groups is 1. The third kappa shape index (κ3) is 7.74. The number of rotatable bonds is 7. The van der Waals surface area contributed by atoms with Crippen molar-refractivity contribution in [3.05, 3.63) is 12.7 Å². The van der Waals surface area contributed by atoms with E-state index in [0.29, 0.717) is 18.8 Å². The van der Waals surface area contributed by atoms with Crippen LogP contribution in [0.2, 0.25) is 38.8 Å². The second-order valence-corrected chi connectivity index (χ2v) is 19.8. The maximum atomic E-state index is 12.0. The molecule has 1 aliphatic heterocycles. The van der Waals surface area contributed by atoms with Crippen molar-refractivity contribution in [2.24, 2.45) is 5.92 Å². The summed E-state index contributed by atoms with van der Waals surface area (Å²) in [6.45, 7) is 13.5. The maximum absolute atomic E-state index is 12.0. The molecule has 0 unspecified atom stereocenters. The van der Waals surface area contributed by atoms with E-state index in [2.05, 4.69) is 44.6 Å². The first kappa shape index (κ1) is 24.4. The molecule has 1 aliphatic carbocycles. The number of hydrogen-bond acceptors (Lipinski definition) is 7. The van der Waals surface area contributed by atoms with Crippen molar-refractivity contribution >= 4 is 37.6 Å². The van der Waals surface area contributed by atoms with Crippen LogP contribution in [0.1, 0.15) is 25.7 Å². The summed E-state index contributed by atoms with van der Waals surface area (Å²) in [5, 5.41) is 12.6. The average Bonchev–Trinajstić information content (AvgIpc) is 2.57. The van der Waals surface area contributed by atoms with Gasteiger partial charge in [0, 0.05) is 0 Å². The number of carbonyl (C=O) groups is 2. The zero-order valence-corrected chi connectivity index (χ0v) is 21.2. The zero-order valence-electron chi connectivity index (χ0n) is 18.2. The van der Waals surface area contributed by atoms with E-state index in [1.165, 1.54) is 0 Å². The molecule has 0 aromatic heterocycles. The third-order valence-corrected chi connectivity index (χ3v) is 17.7.